The fourth-order valence-electron chi connectivity index (χ4n) is 3.19. The van der Waals surface area contributed by atoms with Gasteiger partial charge in [-0.05, 0) is 30.5 Å². The van der Waals surface area contributed by atoms with Crippen LogP contribution in [0, 0.1) is 5.92 Å². The predicted octanol–water partition coefficient (Wildman–Crippen LogP) is 3.34. The Morgan fingerprint density at radius 3 is 3.12 bits per heavy atom. The van der Waals surface area contributed by atoms with Gasteiger partial charge in [-0.3, -0.25) is 4.79 Å². The Hall–Kier alpha value is -2.63. The second kappa shape index (κ2) is 6.35. The maximum atomic E-state index is 12.8. The Kier molecular flexibility index (Phi) is 4.03. The minimum absolute atomic E-state index is 0.0182. The molecule has 0 radical (unpaired) electrons. The van der Waals surface area contributed by atoms with Gasteiger partial charge in [0, 0.05) is 31.0 Å². The quantitative estimate of drug-likeness (QED) is 0.792. The summed E-state index contributed by atoms with van der Waals surface area (Å²) in [6.07, 6.45) is 4.35. The monoisotopic (exact) mass is 338 g/mol. The molecule has 1 amide bonds. The van der Waals surface area contributed by atoms with Gasteiger partial charge in [-0.15, -0.1) is 0 Å². The average molecular weight is 338 g/mol. The molecule has 0 aliphatic carbocycles. The molecule has 3 aromatic rings. The molecule has 130 valence electrons. The van der Waals surface area contributed by atoms with Crippen LogP contribution in [0.1, 0.15) is 48.1 Å². The highest BCUT2D eigenvalue weighted by atomic mass is 16.4. The molecular formula is C19H22N4O2. The van der Waals surface area contributed by atoms with Crippen molar-refractivity contribution < 1.29 is 9.21 Å². The number of nitrogens with zero attached hydrogens (tertiary/aromatic N) is 3. The van der Waals surface area contributed by atoms with Crippen LogP contribution < -0.4 is 0 Å². The molecule has 6 nitrogen and oxygen atoms in total. The van der Waals surface area contributed by atoms with Gasteiger partial charge < -0.3 is 14.3 Å². The summed E-state index contributed by atoms with van der Waals surface area (Å²) in [7, 11) is 0. The maximum absolute atomic E-state index is 12.8. The third kappa shape index (κ3) is 3.16. The van der Waals surface area contributed by atoms with Gasteiger partial charge in [0.1, 0.15) is 22.8 Å². The Morgan fingerprint density at radius 2 is 2.32 bits per heavy atom. The van der Waals surface area contributed by atoms with Crippen LogP contribution >= 0.6 is 0 Å². The highest BCUT2D eigenvalue weighted by molar-refractivity contribution is 5.97. The van der Waals surface area contributed by atoms with Crippen molar-refractivity contribution in [1.29, 1.82) is 0 Å². The molecule has 0 saturated heterocycles. The summed E-state index contributed by atoms with van der Waals surface area (Å²) < 4.78 is 5.87. The third-order valence-corrected chi connectivity index (χ3v) is 4.62. The number of oxazole rings is 1. The Bertz CT molecular complexity index is 876. The van der Waals surface area contributed by atoms with Gasteiger partial charge in [0.25, 0.3) is 5.91 Å². The lowest BCUT2D eigenvalue weighted by molar-refractivity contribution is 0.0723. The molecule has 4 rings (SSSR count). The van der Waals surface area contributed by atoms with E-state index in [2.05, 4.69) is 28.8 Å². The molecule has 0 spiro atoms. The van der Waals surface area contributed by atoms with Crippen molar-refractivity contribution in [2.45, 2.75) is 39.7 Å². The van der Waals surface area contributed by atoms with Crippen molar-refractivity contribution in [1.82, 2.24) is 19.9 Å². The highest BCUT2D eigenvalue weighted by Gasteiger charge is 2.27. The van der Waals surface area contributed by atoms with E-state index in [-0.39, 0.29) is 5.91 Å². The molecule has 3 aromatic heterocycles. The highest BCUT2D eigenvalue weighted by Crippen LogP contribution is 2.23. The van der Waals surface area contributed by atoms with Crippen LogP contribution in [-0.2, 0) is 19.4 Å². The van der Waals surface area contributed by atoms with E-state index in [4.69, 9.17) is 4.42 Å². The topological polar surface area (TPSA) is 75.0 Å². The number of aryl methyl sites for hydroxylation is 1. The number of rotatable bonds is 4. The van der Waals surface area contributed by atoms with Crippen molar-refractivity contribution in [3.8, 4) is 0 Å². The van der Waals surface area contributed by atoms with E-state index in [1.165, 1.54) is 0 Å². The van der Waals surface area contributed by atoms with Crippen molar-refractivity contribution in [3.05, 3.63) is 47.4 Å². The number of amides is 1. The normalized spacial score (nSPS) is 14.3. The largest absolute Gasteiger partial charge is 0.445 e. The summed E-state index contributed by atoms with van der Waals surface area (Å²) in [5.41, 5.74) is 2.20. The molecule has 1 N–H and O–H groups in total. The fraction of sp³-hybridized carbons (Fsp3) is 0.421. The standard InChI is InChI=1S/C19H22N4O2/c1-12(2)5-6-17-21-15-11-23(9-7-16(15)25-17)19(24)14-10-13-4-3-8-20-18(13)22-14/h3-4,8,10,12H,5-7,9,11H2,1-2H3,(H,20,22). The van der Waals surface area contributed by atoms with Crippen LogP contribution in [-0.4, -0.2) is 32.3 Å². The number of H-pyrrole nitrogens is 1. The summed E-state index contributed by atoms with van der Waals surface area (Å²) in [4.78, 5) is 26.6. The van der Waals surface area contributed by atoms with E-state index >= 15 is 0 Å². The van der Waals surface area contributed by atoms with Crippen molar-refractivity contribution in [2.24, 2.45) is 5.92 Å². The minimum Gasteiger partial charge on any atom is -0.445 e. The Balaban J connectivity index is 1.50. The molecule has 0 aromatic carbocycles. The number of pyridine rings is 1. The summed E-state index contributed by atoms with van der Waals surface area (Å²) >= 11 is 0. The lowest BCUT2D eigenvalue weighted by atomic mass is 10.1. The molecule has 25 heavy (non-hydrogen) atoms. The smallest absolute Gasteiger partial charge is 0.270 e. The molecule has 0 atom stereocenters. The van der Waals surface area contributed by atoms with Gasteiger partial charge in [-0.1, -0.05) is 13.8 Å². The van der Waals surface area contributed by atoms with E-state index < -0.39 is 0 Å². The van der Waals surface area contributed by atoms with E-state index in [1.807, 2.05) is 23.1 Å². The van der Waals surface area contributed by atoms with Crippen LogP contribution in [0.4, 0.5) is 0 Å². The zero-order valence-electron chi connectivity index (χ0n) is 14.6. The number of hydrogen-bond acceptors (Lipinski definition) is 4. The first-order chi connectivity index (χ1) is 12.1. The second-order valence-corrected chi connectivity index (χ2v) is 7.01. The first kappa shape index (κ1) is 15.9. The summed E-state index contributed by atoms with van der Waals surface area (Å²) in [5, 5.41) is 0.945. The number of carbonyl (C=O) groups is 1. The van der Waals surface area contributed by atoms with Gasteiger partial charge in [0.15, 0.2) is 5.89 Å². The Labute approximate surface area is 146 Å². The summed E-state index contributed by atoms with van der Waals surface area (Å²) in [6.45, 7) is 5.53. The second-order valence-electron chi connectivity index (χ2n) is 7.01. The summed E-state index contributed by atoms with van der Waals surface area (Å²) in [6, 6.07) is 5.67. The molecule has 1 aliphatic rings. The van der Waals surface area contributed by atoms with E-state index in [0.29, 0.717) is 31.1 Å². The van der Waals surface area contributed by atoms with Gasteiger partial charge in [-0.2, -0.15) is 0 Å². The summed E-state index contributed by atoms with van der Waals surface area (Å²) in [5.74, 6) is 2.33. The number of nitrogens with one attached hydrogen (secondary N) is 1. The van der Waals surface area contributed by atoms with Crippen LogP contribution in [0.2, 0.25) is 0 Å². The molecule has 1 aliphatic heterocycles. The Morgan fingerprint density at radius 1 is 1.44 bits per heavy atom. The number of fused-ring (bicyclic) bond motifs is 2. The molecule has 0 saturated carbocycles. The van der Waals surface area contributed by atoms with Crippen LogP contribution in [0.3, 0.4) is 0 Å². The molecule has 0 unspecified atom stereocenters. The fourth-order valence-corrected chi connectivity index (χ4v) is 3.19. The van der Waals surface area contributed by atoms with Crippen molar-refractivity contribution in [2.75, 3.05) is 6.54 Å². The zero-order chi connectivity index (χ0) is 17.4. The van der Waals surface area contributed by atoms with Gasteiger partial charge in [0.2, 0.25) is 0 Å². The van der Waals surface area contributed by atoms with E-state index in [1.54, 1.807) is 6.20 Å². The van der Waals surface area contributed by atoms with Gasteiger partial charge in [-0.25, -0.2) is 9.97 Å². The lowest BCUT2D eigenvalue weighted by Crippen LogP contribution is -2.36. The molecule has 0 fully saturated rings. The number of aromatic amines is 1. The molecule has 4 heterocycles. The first-order valence-electron chi connectivity index (χ1n) is 8.80. The van der Waals surface area contributed by atoms with Gasteiger partial charge >= 0.3 is 0 Å². The number of hydrogen-bond donors (Lipinski definition) is 1. The van der Waals surface area contributed by atoms with Crippen molar-refractivity contribution >= 4 is 16.9 Å². The maximum Gasteiger partial charge on any atom is 0.270 e. The van der Waals surface area contributed by atoms with Crippen LogP contribution in [0.25, 0.3) is 11.0 Å². The van der Waals surface area contributed by atoms with Gasteiger partial charge in [0.05, 0.1) is 6.54 Å². The van der Waals surface area contributed by atoms with E-state index in [9.17, 15) is 4.79 Å². The van der Waals surface area contributed by atoms with Crippen LogP contribution in [0.5, 0.6) is 0 Å². The third-order valence-electron chi connectivity index (χ3n) is 4.62. The number of carbonyl (C=O) groups excluding carboxylic acids is 1. The predicted molar refractivity (Wildman–Crippen MR) is 94.2 cm³/mol. The van der Waals surface area contributed by atoms with Crippen LogP contribution in [0.15, 0.2) is 28.8 Å². The van der Waals surface area contributed by atoms with Crippen molar-refractivity contribution in [3.63, 3.8) is 0 Å². The van der Waals surface area contributed by atoms with E-state index in [0.717, 1.165) is 41.2 Å². The lowest BCUT2D eigenvalue weighted by Gasteiger charge is -2.24. The first-order valence-corrected chi connectivity index (χ1v) is 8.80. The molecular weight excluding hydrogens is 316 g/mol. The molecule has 6 heteroatoms. The zero-order valence-corrected chi connectivity index (χ0v) is 14.6. The minimum atomic E-state index is -0.0182. The average Bonchev–Trinajstić information content (AvgIpc) is 3.22. The SMILES string of the molecule is CC(C)CCc1nc2c(o1)CCN(C(=O)c1cc3cccnc3[nH]1)C2. The number of aromatic nitrogens is 3. The molecule has 0 bridgehead atoms.